The number of benzene rings is 3. The average Bonchev–Trinajstić information content (AvgIpc) is 2.64. The molecule has 1 nitrogen and oxygen atoms in total. The Morgan fingerprint density at radius 2 is 1.20 bits per heavy atom. The van der Waals surface area contributed by atoms with Crippen LogP contribution in [-0.4, -0.2) is 6.04 Å². The van der Waals surface area contributed by atoms with Crippen LogP contribution in [0.3, 0.4) is 0 Å². The first-order valence-electron chi connectivity index (χ1n) is 8.53. The molecule has 2 N–H and O–H groups in total. The molecule has 1 unspecified atom stereocenters. The van der Waals surface area contributed by atoms with Gasteiger partial charge in [0.1, 0.15) is 6.20 Å². The van der Waals surface area contributed by atoms with E-state index in [2.05, 4.69) is 109 Å². The van der Waals surface area contributed by atoms with Crippen LogP contribution in [-0.2, 0) is 6.42 Å². The zero-order chi connectivity index (χ0) is 16.6. The minimum Gasteiger partial charge on any atom is -1.00 e. The first kappa shape index (κ1) is 19.0. The Labute approximate surface area is 156 Å². The molecule has 0 aliphatic heterocycles. The molecule has 0 saturated carbocycles. The molecular weight excluding hydrogens is 326 g/mol. The molecule has 0 fully saturated rings. The minimum absolute atomic E-state index is 0. The van der Waals surface area contributed by atoms with Gasteiger partial charge >= 0.3 is 0 Å². The smallest absolute Gasteiger partial charge is 0.101 e. The summed E-state index contributed by atoms with van der Waals surface area (Å²) in [6.45, 7) is 2.27. The number of quaternary nitrogens is 1. The topological polar surface area (TPSA) is 16.6 Å². The summed E-state index contributed by atoms with van der Waals surface area (Å²) in [5, 5.41) is 2.32. The lowest BCUT2D eigenvalue weighted by Gasteiger charge is -2.11. The summed E-state index contributed by atoms with van der Waals surface area (Å²) in [5.74, 6) is 0. The third kappa shape index (κ3) is 5.60. The van der Waals surface area contributed by atoms with Crippen LogP contribution in [0, 0.1) is 0 Å². The first-order valence-corrected chi connectivity index (χ1v) is 8.53. The van der Waals surface area contributed by atoms with E-state index in [-0.39, 0.29) is 12.4 Å². The summed E-state index contributed by atoms with van der Waals surface area (Å²) >= 11 is 0. The Hall–Kier alpha value is -2.35. The van der Waals surface area contributed by atoms with Crippen molar-refractivity contribution in [3.8, 4) is 0 Å². The van der Waals surface area contributed by atoms with Gasteiger partial charge in [0.05, 0.1) is 6.04 Å². The monoisotopic (exact) mass is 349 g/mol. The SMILES string of the molecule is CC(Cc1ccccc1)[NH2+]C=C(c1ccccc1)c1ccccc1.[Cl-]. The third-order valence-electron chi connectivity index (χ3n) is 4.16. The van der Waals surface area contributed by atoms with E-state index < -0.39 is 0 Å². The largest absolute Gasteiger partial charge is 1.00 e. The van der Waals surface area contributed by atoms with E-state index >= 15 is 0 Å². The Morgan fingerprint density at radius 3 is 1.68 bits per heavy atom. The van der Waals surface area contributed by atoms with E-state index in [0.717, 1.165) is 6.42 Å². The zero-order valence-electron chi connectivity index (χ0n) is 14.5. The fourth-order valence-electron chi connectivity index (χ4n) is 2.91. The number of hydrogen-bond acceptors (Lipinski definition) is 0. The highest BCUT2D eigenvalue weighted by molar-refractivity contribution is 5.78. The number of rotatable bonds is 6. The highest BCUT2D eigenvalue weighted by atomic mass is 35.5. The van der Waals surface area contributed by atoms with Crippen LogP contribution in [0.5, 0.6) is 0 Å². The summed E-state index contributed by atoms with van der Waals surface area (Å²) in [5.41, 5.74) is 5.17. The zero-order valence-corrected chi connectivity index (χ0v) is 15.2. The van der Waals surface area contributed by atoms with Crippen molar-refractivity contribution in [1.29, 1.82) is 0 Å². The van der Waals surface area contributed by atoms with Crippen LogP contribution in [0.1, 0.15) is 23.6 Å². The van der Waals surface area contributed by atoms with E-state index in [9.17, 15) is 0 Å². The first-order chi connectivity index (χ1) is 11.8. The van der Waals surface area contributed by atoms with Crippen molar-refractivity contribution in [3.63, 3.8) is 0 Å². The Bertz CT molecular complexity index is 725. The molecule has 3 aromatic rings. The summed E-state index contributed by atoms with van der Waals surface area (Å²) < 4.78 is 0. The molecule has 0 radical (unpaired) electrons. The van der Waals surface area contributed by atoms with Crippen molar-refractivity contribution >= 4 is 5.57 Å². The number of nitrogens with two attached hydrogens (primary N) is 1. The molecule has 0 aliphatic rings. The van der Waals surface area contributed by atoms with Gasteiger partial charge in [0.2, 0.25) is 0 Å². The predicted octanol–water partition coefficient (Wildman–Crippen LogP) is 1.27. The van der Waals surface area contributed by atoms with Crippen LogP contribution in [0.4, 0.5) is 0 Å². The van der Waals surface area contributed by atoms with Crippen molar-refractivity contribution in [1.82, 2.24) is 0 Å². The molecular formula is C23H24ClN. The molecule has 0 spiro atoms. The van der Waals surface area contributed by atoms with Crippen LogP contribution in [0.15, 0.2) is 97.2 Å². The maximum Gasteiger partial charge on any atom is 0.101 e. The molecule has 1 atom stereocenters. The summed E-state index contributed by atoms with van der Waals surface area (Å²) in [4.78, 5) is 0. The average molecular weight is 350 g/mol. The van der Waals surface area contributed by atoms with Gasteiger partial charge in [-0.2, -0.15) is 0 Å². The van der Waals surface area contributed by atoms with Crippen molar-refractivity contribution in [2.24, 2.45) is 0 Å². The molecule has 0 aliphatic carbocycles. The Balaban J connectivity index is 0.00000225. The molecule has 128 valence electrons. The van der Waals surface area contributed by atoms with Gasteiger partial charge in [-0.05, 0) is 23.6 Å². The van der Waals surface area contributed by atoms with Crippen molar-refractivity contribution < 1.29 is 17.7 Å². The van der Waals surface area contributed by atoms with Gasteiger partial charge in [-0.3, -0.25) is 0 Å². The minimum atomic E-state index is 0. The van der Waals surface area contributed by atoms with Crippen LogP contribution in [0.2, 0.25) is 0 Å². The molecule has 0 heterocycles. The van der Waals surface area contributed by atoms with Crippen molar-refractivity contribution in [3.05, 3.63) is 114 Å². The van der Waals surface area contributed by atoms with Gasteiger partial charge in [0.15, 0.2) is 0 Å². The standard InChI is InChI=1S/C23H23N.ClH/c1-19(17-20-11-5-2-6-12-20)24-18-23(21-13-7-3-8-14-21)22-15-9-4-10-16-22;/h2-16,18-19,24H,17H2,1H3;1H. The summed E-state index contributed by atoms with van der Waals surface area (Å²) in [6, 6.07) is 32.4. The van der Waals surface area contributed by atoms with Gasteiger partial charge in [-0.25, -0.2) is 0 Å². The Kier molecular flexibility index (Phi) is 7.46. The second kappa shape index (κ2) is 9.83. The normalized spacial score (nSPS) is 11.2. The van der Waals surface area contributed by atoms with Gasteiger partial charge in [-0.1, -0.05) is 91.0 Å². The molecule has 0 saturated heterocycles. The van der Waals surface area contributed by atoms with Gasteiger partial charge in [-0.15, -0.1) is 0 Å². The van der Waals surface area contributed by atoms with Crippen LogP contribution < -0.4 is 17.7 Å². The second-order valence-electron chi connectivity index (χ2n) is 6.17. The van der Waals surface area contributed by atoms with E-state index in [4.69, 9.17) is 0 Å². The highest BCUT2D eigenvalue weighted by Gasteiger charge is 2.09. The molecule has 2 heteroatoms. The fraction of sp³-hybridized carbons (Fsp3) is 0.130. The molecule has 25 heavy (non-hydrogen) atoms. The molecule has 3 rings (SSSR count). The predicted molar refractivity (Wildman–Crippen MR) is 101 cm³/mol. The van der Waals surface area contributed by atoms with E-state index in [1.165, 1.54) is 22.3 Å². The van der Waals surface area contributed by atoms with Gasteiger partial charge < -0.3 is 17.7 Å². The molecule has 0 aromatic heterocycles. The highest BCUT2D eigenvalue weighted by Crippen LogP contribution is 2.21. The number of halogens is 1. The van der Waals surface area contributed by atoms with Crippen molar-refractivity contribution in [2.45, 2.75) is 19.4 Å². The third-order valence-corrected chi connectivity index (χ3v) is 4.16. The lowest BCUT2D eigenvalue weighted by molar-refractivity contribution is -0.621. The fourth-order valence-corrected chi connectivity index (χ4v) is 2.91. The molecule has 0 amide bonds. The quantitative estimate of drug-likeness (QED) is 0.690. The van der Waals surface area contributed by atoms with Crippen LogP contribution >= 0.6 is 0 Å². The van der Waals surface area contributed by atoms with E-state index in [0.29, 0.717) is 6.04 Å². The lowest BCUT2D eigenvalue weighted by Crippen LogP contribution is -3.00. The maximum atomic E-state index is 2.32. The number of hydrogen-bond donors (Lipinski definition) is 1. The summed E-state index contributed by atoms with van der Waals surface area (Å²) in [6.07, 6.45) is 3.34. The molecule has 3 aromatic carbocycles. The van der Waals surface area contributed by atoms with Gasteiger partial charge in [0.25, 0.3) is 0 Å². The van der Waals surface area contributed by atoms with E-state index in [1.807, 2.05) is 0 Å². The van der Waals surface area contributed by atoms with Crippen molar-refractivity contribution in [2.75, 3.05) is 0 Å². The van der Waals surface area contributed by atoms with E-state index in [1.54, 1.807) is 0 Å². The maximum absolute atomic E-state index is 2.32. The van der Waals surface area contributed by atoms with Crippen LogP contribution in [0.25, 0.3) is 5.57 Å². The molecule has 0 bridgehead atoms. The Morgan fingerprint density at radius 1 is 0.760 bits per heavy atom. The lowest BCUT2D eigenvalue weighted by atomic mass is 9.99. The van der Waals surface area contributed by atoms with Gasteiger partial charge in [0, 0.05) is 12.0 Å². The summed E-state index contributed by atoms with van der Waals surface area (Å²) in [7, 11) is 0. The second-order valence-corrected chi connectivity index (χ2v) is 6.17.